The Morgan fingerprint density at radius 1 is 0.920 bits per heavy atom. The zero-order chi connectivity index (χ0) is 19.9. The van der Waals surface area contributed by atoms with E-state index in [-0.39, 0.29) is 16.2 Å². The lowest BCUT2D eigenvalue weighted by Gasteiger charge is -2.38. The zero-order valence-electron chi connectivity index (χ0n) is 18.2. The molecule has 0 spiro atoms. The van der Waals surface area contributed by atoms with Crippen molar-refractivity contribution in [2.75, 3.05) is 6.61 Å². The average molecular weight is 385 g/mol. The van der Waals surface area contributed by atoms with Crippen LogP contribution in [0.15, 0.2) is 0 Å². The minimum absolute atomic E-state index is 0.138. The molecule has 0 aliphatic rings. The van der Waals surface area contributed by atoms with Crippen molar-refractivity contribution in [3.8, 4) is 11.8 Å². The molecule has 0 aromatic heterocycles. The second-order valence-electron chi connectivity index (χ2n) is 9.88. The summed E-state index contributed by atoms with van der Waals surface area (Å²) in [6.45, 7) is 23.3. The molecule has 3 nitrogen and oxygen atoms in total. The summed E-state index contributed by atoms with van der Waals surface area (Å²) >= 11 is 0. The van der Waals surface area contributed by atoms with Crippen LogP contribution in [0.25, 0.3) is 0 Å². The minimum atomic E-state index is -1.88. The summed E-state index contributed by atoms with van der Waals surface area (Å²) in [6.07, 6.45) is 3.36. The van der Waals surface area contributed by atoms with Gasteiger partial charge in [-0.2, -0.15) is 0 Å². The first-order chi connectivity index (χ1) is 11.1. The van der Waals surface area contributed by atoms with E-state index in [2.05, 4.69) is 79.6 Å². The summed E-state index contributed by atoms with van der Waals surface area (Å²) in [5.41, 5.74) is 0. The van der Waals surface area contributed by atoms with E-state index in [1.807, 2.05) is 0 Å². The smallest absolute Gasteiger partial charge is 0.193 e. The van der Waals surface area contributed by atoms with Gasteiger partial charge in [-0.15, -0.1) is 0 Å². The number of unbranched alkanes of at least 4 members (excludes halogenated alkanes) is 1. The highest BCUT2D eigenvalue weighted by Gasteiger charge is 2.39. The molecule has 1 atom stereocenters. The van der Waals surface area contributed by atoms with Crippen LogP contribution >= 0.6 is 0 Å². The molecular weight excluding hydrogens is 344 g/mol. The van der Waals surface area contributed by atoms with Crippen LogP contribution in [0.4, 0.5) is 0 Å². The molecule has 0 aromatic rings. The van der Waals surface area contributed by atoms with E-state index in [4.69, 9.17) is 8.85 Å². The normalized spacial score (nSPS) is 14.6. The van der Waals surface area contributed by atoms with E-state index in [1.54, 1.807) is 0 Å². The van der Waals surface area contributed by atoms with Crippen LogP contribution in [-0.4, -0.2) is 35.6 Å². The number of aldehydes is 1. The molecular formula is C20H40O3Si2. The summed E-state index contributed by atoms with van der Waals surface area (Å²) < 4.78 is 12.6. The monoisotopic (exact) mass is 384 g/mol. The largest absolute Gasteiger partial charge is 0.417 e. The van der Waals surface area contributed by atoms with Gasteiger partial charge in [-0.25, -0.2) is 0 Å². The van der Waals surface area contributed by atoms with Gasteiger partial charge in [-0.3, -0.25) is 4.79 Å². The first-order valence-corrected chi connectivity index (χ1v) is 15.2. The molecule has 0 aromatic carbocycles. The number of carbonyl (C=O) groups is 1. The van der Waals surface area contributed by atoms with Gasteiger partial charge in [0.2, 0.25) is 0 Å². The summed E-state index contributed by atoms with van der Waals surface area (Å²) in [7, 11) is -3.55. The van der Waals surface area contributed by atoms with E-state index in [9.17, 15) is 4.79 Å². The van der Waals surface area contributed by atoms with Crippen LogP contribution in [0.5, 0.6) is 0 Å². The second-order valence-corrected chi connectivity index (χ2v) is 19.4. The Labute approximate surface area is 158 Å². The van der Waals surface area contributed by atoms with E-state index in [0.717, 1.165) is 25.9 Å². The fraction of sp³-hybridized carbons (Fsp3) is 0.850. The number of hydrogen-bond donors (Lipinski definition) is 0. The molecule has 0 radical (unpaired) electrons. The van der Waals surface area contributed by atoms with Gasteiger partial charge in [0.05, 0.1) is 0 Å². The number of carbonyl (C=O) groups excluding carboxylic acids is 1. The first-order valence-electron chi connectivity index (χ1n) is 9.40. The molecule has 0 rings (SSSR count). The van der Waals surface area contributed by atoms with Crippen molar-refractivity contribution in [1.29, 1.82) is 0 Å². The molecule has 0 amide bonds. The maximum Gasteiger partial charge on any atom is 0.193 e. The van der Waals surface area contributed by atoms with Crippen LogP contribution in [0, 0.1) is 11.8 Å². The Hall–Kier alpha value is -0.416. The highest BCUT2D eigenvalue weighted by atomic mass is 28.4. The quantitative estimate of drug-likeness (QED) is 0.230. The Morgan fingerprint density at radius 3 is 1.88 bits per heavy atom. The highest BCUT2D eigenvalue weighted by molar-refractivity contribution is 6.74. The Bertz CT molecular complexity index is 474. The fourth-order valence-electron chi connectivity index (χ4n) is 1.80. The molecule has 0 saturated carbocycles. The molecule has 146 valence electrons. The van der Waals surface area contributed by atoms with E-state index in [1.165, 1.54) is 0 Å². The van der Waals surface area contributed by atoms with Gasteiger partial charge in [0.15, 0.2) is 22.9 Å². The van der Waals surface area contributed by atoms with Crippen LogP contribution in [-0.2, 0) is 13.6 Å². The molecule has 0 saturated heterocycles. The Kier molecular flexibility index (Phi) is 9.34. The van der Waals surface area contributed by atoms with Crippen LogP contribution in [0.2, 0.25) is 36.3 Å². The van der Waals surface area contributed by atoms with Gasteiger partial charge in [-0.1, -0.05) is 47.5 Å². The molecule has 0 bridgehead atoms. The van der Waals surface area contributed by atoms with E-state index < -0.39 is 16.6 Å². The van der Waals surface area contributed by atoms with Crippen molar-refractivity contribution >= 4 is 22.9 Å². The topological polar surface area (TPSA) is 35.5 Å². The molecule has 0 N–H and O–H groups in total. The van der Waals surface area contributed by atoms with Gasteiger partial charge in [0.1, 0.15) is 6.10 Å². The molecule has 25 heavy (non-hydrogen) atoms. The standard InChI is InChI=1S/C20H40O3Si2/c1-19(2,3)24(7,8)22-17-12-11-14-18(15-13-16-21)23-25(9,10)20(4,5)6/h16,18H,11-12,14,17H2,1-10H3/t18-/m0/s1. The van der Waals surface area contributed by atoms with Crippen LogP contribution < -0.4 is 0 Å². The Morgan fingerprint density at radius 2 is 1.44 bits per heavy atom. The van der Waals surface area contributed by atoms with Crippen molar-refractivity contribution in [3.63, 3.8) is 0 Å². The third-order valence-corrected chi connectivity index (χ3v) is 14.7. The van der Waals surface area contributed by atoms with Gasteiger partial charge in [-0.05, 0) is 61.4 Å². The minimum Gasteiger partial charge on any atom is -0.417 e. The lowest BCUT2D eigenvalue weighted by molar-refractivity contribution is -0.103. The van der Waals surface area contributed by atoms with Crippen LogP contribution in [0.1, 0.15) is 60.8 Å². The number of rotatable bonds is 8. The third kappa shape index (κ3) is 8.68. The Balaban J connectivity index is 4.56. The predicted molar refractivity (Wildman–Crippen MR) is 113 cm³/mol. The van der Waals surface area contributed by atoms with Crippen molar-refractivity contribution < 1.29 is 13.6 Å². The van der Waals surface area contributed by atoms with E-state index in [0.29, 0.717) is 6.29 Å². The van der Waals surface area contributed by atoms with Crippen molar-refractivity contribution in [3.05, 3.63) is 0 Å². The predicted octanol–water partition coefficient (Wildman–Crippen LogP) is 5.77. The summed E-state index contributed by atoms with van der Waals surface area (Å²) in [6, 6.07) is 0. The second kappa shape index (κ2) is 9.50. The van der Waals surface area contributed by atoms with Crippen molar-refractivity contribution in [2.24, 2.45) is 0 Å². The van der Waals surface area contributed by atoms with Gasteiger partial charge in [0, 0.05) is 6.61 Å². The average Bonchev–Trinajstić information content (AvgIpc) is 2.41. The summed E-state index contributed by atoms with van der Waals surface area (Å²) in [5, 5.41) is 0.385. The molecule has 5 heteroatoms. The molecule has 0 heterocycles. The molecule has 0 fully saturated rings. The van der Waals surface area contributed by atoms with E-state index >= 15 is 0 Å². The highest BCUT2D eigenvalue weighted by Crippen LogP contribution is 2.38. The zero-order valence-corrected chi connectivity index (χ0v) is 20.2. The van der Waals surface area contributed by atoms with Gasteiger partial charge >= 0.3 is 0 Å². The third-order valence-electron chi connectivity index (χ3n) is 5.68. The lowest BCUT2D eigenvalue weighted by Crippen LogP contribution is -2.43. The molecule has 0 aliphatic carbocycles. The van der Waals surface area contributed by atoms with Gasteiger partial charge in [0.25, 0.3) is 0 Å². The van der Waals surface area contributed by atoms with Crippen molar-refractivity contribution in [2.45, 2.75) is 103 Å². The SMILES string of the molecule is CC(C)(C)[Si](C)(C)OCCCC[C@@H](C#CC=O)O[Si](C)(C)C(C)(C)C. The molecule has 0 aliphatic heterocycles. The van der Waals surface area contributed by atoms with Crippen molar-refractivity contribution in [1.82, 2.24) is 0 Å². The summed E-state index contributed by atoms with van der Waals surface area (Å²) in [4.78, 5) is 10.6. The maximum atomic E-state index is 10.6. The van der Waals surface area contributed by atoms with Gasteiger partial charge < -0.3 is 8.85 Å². The first kappa shape index (κ1) is 24.6. The lowest BCUT2D eigenvalue weighted by atomic mass is 10.1. The summed E-state index contributed by atoms with van der Waals surface area (Å²) in [5.74, 6) is 5.54. The number of hydrogen-bond acceptors (Lipinski definition) is 3. The maximum absolute atomic E-state index is 10.6. The molecule has 0 unspecified atom stereocenters. The fourth-order valence-corrected chi connectivity index (χ4v) is 4.12. The van der Waals surface area contributed by atoms with Crippen LogP contribution in [0.3, 0.4) is 0 Å².